The Bertz CT molecular complexity index is 1760. The number of para-hydroxylation sites is 1. The Kier molecular flexibility index (Phi) is 8.98. The van der Waals surface area contributed by atoms with Gasteiger partial charge in [0, 0.05) is 36.1 Å². The smallest absolute Gasteiger partial charge is 0.338 e. The van der Waals surface area contributed by atoms with Crippen LogP contribution in [0.4, 0.5) is 5.82 Å². The van der Waals surface area contributed by atoms with Crippen LogP contribution in [0.2, 0.25) is 0 Å². The van der Waals surface area contributed by atoms with Crippen LogP contribution < -0.4 is 4.90 Å². The number of H-pyrrole nitrogens is 1. The topological polar surface area (TPSA) is 107 Å². The van der Waals surface area contributed by atoms with E-state index in [0.29, 0.717) is 41.2 Å². The number of carbonyl (C=O) groups is 3. The standard InChI is InChI=1S/C36H34N4O4S/c1-24(35(42)39-21-18-27(19-22-39)31(25-11-4-2-5-12-25)26-13-6-3-7-14-26)40(23-41)33-32(28-15-8-9-17-30(28)38-33)45-34-29(36(43)44)16-10-20-37-34/h2-17,20,23-24,27,31,38H,18-19,21-22H2,1H3,(H,43,44)/t24-/m1/s1. The number of rotatable bonds is 10. The number of benzene rings is 3. The molecular formula is C36H34N4O4S. The molecule has 1 aliphatic rings. The number of carboxylic acids is 1. The SMILES string of the molecule is C[C@H](C(=O)N1CCC(C(c2ccccc2)c2ccccc2)CC1)N(C=O)c1[nH]c2ccccc2c1Sc1ncccc1C(=O)O. The molecule has 1 atom stereocenters. The van der Waals surface area contributed by atoms with Gasteiger partial charge in [-0.15, -0.1) is 0 Å². The van der Waals surface area contributed by atoms with Gasteiger partial charge in [-0.1, -0.05) is 90.6 Å². The van der Waals surface area contributed by atoms with Crippen LogP contribution in [0, 0.1) is 5.92 Å². The summed E-state index contributed by atoms with van der Waals surface area (Å²) in [7, 11) is 0. The molecule has 0 aliphatic carbocycles. The number of pyridine rings is 1. The lowest BCUT2D eigenvalue weighted by Crippen LogP contribution is -2.50. The van der Waals surface area contributed by atoms with Gasteiger partial charge in [0.25, 0.3) is 0 Å². The van der Waals surface area contributed by atoms with E-state index in [1.807, 2.05) is 41.3 Å². The summed E-state index contributed by atoms with van der Waals surface area (Å²) in [5, 5.41) is 10.8. The lowest BCUT2D eigenvalue weighted by atomic mass is 9.76. The lowest BCUT2D eigenvalue weighted by Gasteiger charge is -2.38. The summed E-state index contributed by atoms with van der Waals surface area (Å²) in [5.41, 5.74) is 3.38. The summed E-state index contributed by atoms with van der Waals surface area (Å²) in [6.07, 6.45) is 3.90. The Morgan fingerprint density at radius 2 is 1.56 bits per heavy atom. The van der Waals surface area contributed by atoms with E-state index < -0.39 is 12.0 Å². The third-order valence-electron chi connectivity index (χ3n) is 8.63. The normalized spacial score (nSPS) is 14.4. The van der Waals surface area contributed by atoms with Crippen molar-refractivity contribution in [2.45, 2.75) is 41.6 Å². The molecule has 0 saturated carbocycles. The first-order valence-corrected chi connectivity index (χ1v) is 15.9. The zero-order chi connectivity index (χ0) is 31.3. The van der Waals surface area contributed by atoms with Crippen molar-refractivity contribution in [2.24, 2.45) is 5.92 Å². The van der Waals surface area contributed by atoms with Crippen LogP contribution >= 0.6 is 11.8 Å². The Morgan fingerprint density at radius 3 is 2.18 bits per heavy atom. The van der Waals surface area contributed by atoms with Crippen LogP contribution in [-0.2, 0) is 9.59 Å². The van der Waals surface area contributed by atoms with Crippen LogP contribution in [-0.4, -0.2) is 57.4 Å². The zero-order valence-corrected chi connectivity index (χ0v) is 25.7. The van der Waals surface area contributed by atoms with Crippen LogP contribution in [0.15, 0.2) is 113 Å². The van der Waals surface area contributed by atoms with Crippen LogP contribution in [0.3, 0.4) is 0 Å². The molecular weight excluding hydrogens is 584 g/mol. The van der Waals surface area contributed by atoms with Gasteiger partial charge >= 0.3 is 5.97 Å². The van der Waals surface area contributed by atoms with E-state index >= 15 is 0 Å². The number of carboxylic acid groups (broad SMARTS) is 1. The lowest BCUT2D eigenvalue weighted by molar-refractivity contribution is -0.134. The molecule has 2 N–H and O–H groups in total. The molecule has 1 aliphatic heterocycles. The first-order chi connectivity index (χ1) is 22.0. The molecule has 5 aromatic rings. The van der Waals surface area contributed by atoms with Gasteiger partial charge in [0.2, 0.25) is 12.3 Å². The molecule has 0 radical (unpaired) electrons. The first kappa shape index (κ1) is 30.1. The molecule has 0 spiro atoms. The number of anilines is 1. The number of likely N-dealkylation sites (tertiary alicyclic amines) is 1. The number of fused-ring (bicyclic) bond motifs is 1. The first-order valence-electron chi connectivity index (χ1n) is 15.1. The number of hydrogen-bond donors (Lipinski definition) is 2. The minimum absolute atomic E-state index is 0.0627. The molecule has 6 rings (SSSR count). The highest BCUT2D eigenvalue weighted by Crippen LogP contribution is 2.42. The fourth-order valence-corrected chi connectivity index (χ4v) is 7.46. The summed E-state index contributed by atoms with van der Waals surface area (Å²) in [4.78, 5) is 50.0. The van der Waals surface area contributed by atoms with Gasteiger partial charge in [0.1, 0.15) is 16.9 Å². The average molecular weight is 619 g/mol. The number of carbonyl (C=O) groups excluding carboxylic acids is 2. The van der Waals surface area contributed by atoms with Gasteiger partial charge in [-0.2, -0.15) is 0 Å². The molecule has 3 aromatic carbocycles. The molecule has 3 heterocycles. The average Bonchev–Trinajstić information content (AvgIpc) is 3.44. The highest BCUT2D eigenvalue weighted by molar-refractivity contribution is 7.99. The molecule has 1 saturated heterocycles. The van der Waals surface area contributed by atoms with Crippen molar-refractivity contribution in [3.63, 3.8) is 0 Å². The number of nitrogens with one attached hydrogen (secondary N) is 1. The van der Waals surface area contributed by atoms with Crippen molar-refractivity contribution < 1.29 is 19.5 Å². The van der Waals surface area contributed by atoms with Gasteiger partial charge in [-0.25, -0.2) is 9.78 Å². The Hall–Kier alpha value is -4.89. The summed E-state index contributed by atoms with van der Waals surface area (Å²) in [6.45, 7) is 2.94. The van der Waals surface area contributed by atoms with Crippen molar-refractivity contribution >= 4 is 46.8 Å². The molecule has 8 nitrogen and oxygen atoms in total. The second-order valence-corrected chi connectivity index (χ2v) is 12.3. The Morgan fingerprint density at radius 1 is 0.933 bits per heavy atom. The predicted octanol–water partition coefficient (Wildman–Crippen LogP) is 6.83. The molecule has 2 amide bonds. The van der Waals surface area contributed by atoms with E-state index in [2.05, 4.69) is 58.5 Å². The highest BCUT2D eigenvalue weighted by Gasteiger charge is 2.34. The van der Waals surface area contributed by atoms with Crippen molar-refractivity contribution in [3.8, 4) is 0 Å². The van der Waals surface area contributed by atoms with E-state index in [4.69, 9.17) is 0 Å². The maximum atomic E-state index is 13.9. The number of aromatic amines is 1. The molecule has 2 aromatic heterocycles. The molecule has 1 fully saturated rings. The van der Waals surface area contributed by atoms with E-state index in [1.165, 1.54) is 28.3 Å². The highest BCUT2D eigenvalue weighted by atomic mass is 32.2. The maximum Gasteiger partial charge on any atom is 0.338 e. The number of hydrogen-bond acceptors (Lipinski definition) is 5. The third kappa shape index (κ3) is 6.21. The summed E-state index contributed by atoms with van der Waals surface area (Å²) >= 11 is 1.16. The molecule has 45 heavy (non-hydrogen) atoms. The van der Waals surface area contributed by atoms with Gasteiger partial charge in [0.15, 0.2) is 0 Å². The van der Waals surface area contributed by atoms with Gasteiger partial charge in [-0.3, -0.25) is 14.5 Å². The quantitative estimate of drug-likeness (QED) is 0.166. The zero-order valence-electron chi connectivity index (χ0n) is 24.9. The minimum Gasteiger partial charge on any atom is -0.478 e. The molecule has 0 bridgehead atoms. The van der Waals surface area contributed by atoms with E-state index in [1.54, 1.807) is 13.0 Å². The van der Waals surface area contributed by atoms with Crippen LogP contribution in [0.25, 0.3) is 10.9 Å². The van der Waals surface area contributed by atoms with Crippen LogP contribution in [0.5, 0.6) is 0 Å². The van der Waals surface area contributed by atoms with Gasteiger partial charge in [0.05, 0.1) is 10.5 Å². The number of piperidine rings is 1. The monoisotopic (exact) mass is 618 g/mol. The molecule has 9 heteroatoms. The van der Waals surface area contributed by atoms with Crippen molar-refractivity contribution in [1.82, 2.24) is 14.9 Å². The van der Waals surface area contributed by atoms with Crippen molar-refractivity contribution in [2.75, 3.05) is 18.0 Å². The second-order valence-electron chi connectivity index (χ2n) is 11.3. The fraction of sp³-hybridized carbons (Fsp3) is 0.222. The maximum absolute atomic E-state index is 13.9. The fourth-order valence-electron chi connectivity index (χ4n) is 6.35. The Balaban J connectivity index is 1.24. The number of aromatic nitrogens is 2. The van der Waals surface area contributed by atoms with E-state index in [9.17, 15) is 19.5 Å². The summed E-state index contributed by atoms with van der Waals surface area (Å²) < 4.78 is 0. The van der Waals surface area contributed by atoms with Gasteiger partial charge < -0.3 is 15.0 Å². The Labute approximate surface area is 266 Å². The predicted molar refractivity (Wildman–Crippen MR) is 176 cm³/mol. The number of aromatic carboxylic acids is 1. The summed E-state index contributed by atoms with van der Waals surface area (Å²) in [6, 6.07) is 30.9. The minimum atomic E-state index is -1.09. The van der Waals surface area contributed by atoms with Crippen LogP contribution in [0.1, 0.15) is 47.2 Å². The molecule has 228 valence electrons. The van der Waals surface area contributed by atoms with E-state index in [0.717, 1.165) is 35.5 Å². The number of nitrogens with zero attached hydrogens (tertiary/aromatic N) is 3. The van der Waals surface area contributed by atoms with Crippen molar-refractivity contribution in [3.05, 3.63) is 120 Å². The summed E-state index contributed by atoms with van der Waals surface area (Å²) in [5.74, 6) is -0.179. The molecule has 0 unspecified atom stereocenters. The van der Waals surface area contributed by atoms with Crippen molar-refractivity contribution in [1.29, 1.82) is 0 Å². The second kappa shape index (κ2) is 13.4. The van der Waals surface area contributed by atoms with Gasteiger partial charge in [-0.05, 0) is 55.0 Å². The largest absolute Gasteiger partial charge is 0.478 e. The van der Waals surface area contributed by atoms with E-state index in [-0.39, 0.29) is 17.4 Å². The number of amides is 2. The third-order valence-corrected chi connectivity index (χ3v) is 9.76.